The number of piperidine rings is 1. The smallest absolute Gasteiger partial charge is 0.249 e. The minimum atomic E-state index is -3.85. The first-order valence-electron chi connectivity index (χ1n) is 11.4. The monoisotopic (exact) mass is 526 g/mol. The van der Waals surface area contributed by atoms with E-state index in [1.165, 1.54) is 6.20 Å². The fourth-order valence-corrected chi connectivity index (χ4v) is 6.30. The molecule has 0 radical (unpaired) electrons. The molecule has 186 valence electrons. The normalized spacial score (nSPS) is 23.0. The van der Waals surface area contributed by atoms with Gasteiger partial charge in [-0.15, -0.1) is 10.2 Å². The van der Waals surface area contributed by atoms with Gasteiger partial charge in [-0.3, -0.25) is 4.79 Å². The van der Waals surface area contributed by atoms with Crippen LogP contribution < -0.4 is 16.4 Å². The Balaban J connectivity index is 1.59. The fraction of sp³-hybridized carbons (Fsp3) is 0.333. The molecule has 1 fully saturated rings. The van der Waals surface area contributed by atoms with E-state index in [1.54, 1.807) is 30.3 Å². The van der Waals surface area contributed by atoms with Crippen LogP contribution in [-0.4, -0.2) is 49.3 Å². The summed E-state index contributed by atoms with van der Waals surface area (Å²) < 4.78 is 31.9. The van der Waals surface area contributed by atoms with Crippen LogP contribution in [0.15, 0.2) is 57.1 Å². The minimum absolute atomic E-state index is 0.0153. The molecule has 3 aliphatic rings. The molecule has 3 aliphatic heterocycles. The number of sulfone groups is 1. The van der Waals surface area contributed by atoms with Crippen molar-refractivity contribution < 1.29 is 17.6 Å². The van der Waals surface area contributed by atoms with Crippen LogP contribution in [0.4, 0.5) is 0 Å². The summed E-state index contributed by atoms with van der Waals surface area (Å²) in [4.78, 5) is 13.1. The summed E-state index contributed by atoms with van der Waals surface area (Å²) in [5, 5.41) is 24.5. The molecule has 4 heterocycles. The third kappa shape index (κ3) is 4.37. The summed E-state index contributed by atoms with van der Waals surface area (Å²) in [5.74, 6) is -0.638. The predicted molar refractivity (Wildman–Crippen MR) is 132 cm³/mol. The molecule has 1 saturated heterocycles. The molecule has 0 unspecified atom stereocenters. The van der Waals surface area contributed by atoms with Crippen LogP contribution in [0.3, 0.4) is 0 Å². The quantitative estimate of drug-likeness (QED) is 0.531. The van der Waals surface area contributed by atoms with Crippen LogP contribution in [0.5, 0.6) is 0 Å². The number of allylic oxidation sites excluding steroid dienone is 3. The van der Waals surface area contributed by atoms with Crippen LogP contribution in [-0.2, 0) is 26.5 Å². The fourth-order valence-electron chi connectivity index (χ4n) is 4.60. The Morgan fingerprint density at radius 1 is 1.22 bits per heavy atom. The van der Waals surface area contributed by atoms with Crippen molar-refractivity contribution in [2.45, 2.75) is 30.7 Å². The molecule has 10 nitrogen and oxygen atoms in total. The average Bonchev–Trinajstić information content (AvgIpc) is 3.28. The highest BCUT2D eigenvalue weighted by molar-refractivity contribution is 7.95. The Bertz CT molecular complexity index is 1460. The van der Waals surface area contributed by atoms with E-state index < -0.39 is 32.8 Å². The molecule has 1 aromatic carbocycles. The Hall–Kier alpha value is -3.30. The lowest BCUT2D eigenvalue weighted by Crippen LogP contribution is -2.45. The van der Waals surface area contributed by atoms with Gasteiger partial charge in [0.1, 0.15) is 10.4 Å². The summed E-state index contributed by atoms with van der Waals surface area (Å²) in [7, 11) is -3.85. The first-order chi connectivity index (χ1) is 17.2. The van der Waals surface area contributed by atoms with E-state index >= 15 is 0 Å². The first kappa shape index (κ1) is 24.4. The second-order valence-electron chi connectivity index (χ2n) is 9.03. The topological polar surface area (TPSA) is 164 Å². The molecular formula is C24H23ClN6O4S. The van der Waals surface area contributed by atoms with E-state index in [2.05, 4.69) is 26.9 Å². The molecule has 36 heavy (non-hydrogen) atoms. The summed E-state index contributed by atoms with van der Waals surface area (Å²) in [6.45, 7) is 1.30. The van der Waals surface area contributed by atoms with Gasteiger partial charge in [-0.05, 0) is 61.7 Å². The largest absolute Gasteiger partial charge is 0.419 e. The number of hydrogen-bond acceptors (Lipinski definition) is 10. The number of rotatable bonds is 4. The van der Waals surface area contributed by atoms with Gasteiger partial charge in [0.15, 0.2) is 15.6 Å². The summed E-state index contributed by atoms with van der Waals surface area (Å²) >= 11 is 6.02. The summed E-state index contributed by atoms with van der Waals surface area (Å²) in [6, 6.07) is 8.18. The number of Topliss-reactive ketones (excluding diaryl/α,β-unsaturated/α-hetero) is 1. The number of nitriles is 1. The van der Waals surface area contributed by atoms with Crippen molar-refractivity contribution in [2.24, 2.45) is 5.73 Å². The Kier molecular flexibility index (Phi) is 6.30. The maximum absolute atomic E-state index is 13.1. The Labute approximate surface area is 212 Å². The van der Waals surface area contributed by atoms with Crippen molar-refractivity contribution in [3.8, 4) is 6.07 Å². The highest BCUT2D eigenvalue weighted by Crippen LogP contribution is 2.35. The number of benzene rings is 1. The van der Waals surface area contributed by atoms with Crippen LogP contribution in [0, 0.1) is 11.3 Å². The molecule has 1 aromatic heterocycles. The molecule has 4 N–H and O–H groups in total. The van der Waals surface area contributed by atoms with E-state index in [0.717, 1.165) is 5.56 Å². The third-order valence-electron chi connectivity index (χ3n) is 6.59. The van der Waals surface area contributed by atoms with E-state index in [1.807, 2.05) is 0 Å². The number of nitrogens with zero attached hydrogens (tertiary/aromatic N) is 3. The molecule has 0 saturated carbocycles. The van der Waals surface area contributed by atoms with Crippen molar-refractivity contribution in [2.75, 3.05) is 18.8 Å². The van der Waals surface area contributed by atoms with Crippen molar-refractivity contribution in [3.05, 3.63) is 75.1 Å². The number of nitrogens with two attached hydrogens (primary N) is 1. The molecule has 0 aliphatic carbocycles. The number of ketones is 1. The number of carbonyl (C=O) groups excluding carboxylic acids is 1. The van der Waals surface area contributed by atoms with Gasteiger partial charge in [-0.25, -0.2) is 8.42 Å². The molecule has 5 rings (SSSR count). The Morgan fingerprint density at radius 2 is 1.94 bits per heavy atom. The Morgan fingerprint density at radius 3 is 2.64 bits per heavy atom. The zero-order valence-electron chi connectivity index (χ0n) is 19.1. The van der Waals surface area contributed by atoms with E-state index in [4.69, 9.17) is 21.8 Å². The van der Waals surface area contributed by atoms with Gasteiger partial charge in [-0.1, -0.05) is 23.7 Å². The van der Waals surface area contributed by atoms with Crippen molar-refractivity contribution in [1.82, 2.24) is 20.8 Å². The van der Waals surface area contributed by atoms with Crippen LogP contribution in [0.25, 0.3) is 5.57 Å². The number of nitrogens with one attached hydrogen (secondary N) is 2. The maximum atomic E-state index is 13.1. The molecule has 2 aromatic rings. The van der Waals surface area contributed by atoms with Gasteiger partial charge >= 0.3 is 0 Å². The van der Waals surface area contributed by atoms with E-state index in [-0.39, 0.29) is 28.8 Å². The standard InChI is InChI=1S/C24H23ClN6O4S/c25-17-3-1-14(2-4-17)9-15-10-16(11-29-22-19(15)20(32)18(27)12-36(22,33)34)21-30-31-23(35-21)24(13-26)5-7-28-8-6-24/h1-4,10-11,18,28-29H,5-9,12,27H2/t18-/m0/s1. The van der Waals surface area contributed by atoms with Gasteiger partial charge in [0.25, 0.3) is 0 Å². The summed E-state index contributed by atoms with van der Waals surface area (Å²) in [5.41, 5.74) is 6.67. The lowest BCUT2D eigenvalue weighted by molar-refractivity contribution is -0.116. The van der Waals surface area contributed by atoms with Gasteiger partial charge in [-0.2, -0.15) is 5.26 Å². The number of halogens is 1. The number of hydrogen-bond donors (Lipinski definition) is 3. The molecule has 0 bridgehead atoms. The minimum Gasteiger partial charge on any atom is -0.419 e. The van der Waals surface area contributed by atoms with Crippen molar-refractivity contribution >= 4 is 32.8 Å². The van der Waals surface area contributed by atoms with Crippen LogP contribution in [0.2, 0.25) is 5.02 Å². The molecule has 0 amide bonds. The lowest BCUT2D eigenvalue weighted by Gasteiger charge is -2.27. The van der Waals surface area contributed by atoms with Gasteiger partial charge in [0, 0.05) is 11.2 Å². The highest BCUT2D eigenvalue weighted by atomic mass is 35.5. The number of aromatic nitrogens is 2. The highest BCUT2D eigenvalue weighted by Gasteiger charge is 2.41. The molecule has 12 heteroatoms. The SMILES string of the molecule is N#CC1(c2nnc(C3=CNC4=C(C(=O)[C@@H](N)CS4(=O)=O)C(Cc4ccc(Cl)cc4)=C3)o2)CCNCC1. The van der Waals surface area contributed by atoms with Crippen LogP contribution in [0.1, 0.15) is 30.2 Å². The van der Waals surface area contributed by atoms with Gasteiger partial charge in [0.2, 0.25) is 11.8 Å². The van der Waals surface area contributed by atoms with E-state index in [9.17, 15) is 18.5 Å². The third-order valence-corrected chi connectivity index (χ3v) is 8.58. The zero-order chi connectivity index (χ0) is 25.5. The second kappa shape index (κ2) is 9.29. The predicted octanol–water partition coefficient (Wildman–Crippen LogP) is 1.52. The maximum Gasteiger partial charge on any atom is 0.249 e. The summed E-state index contributed by atoms with van der Waals surface area (Å²) in [6.07, 6.45) is 4.36. The zero-order valence-corrected chi connectivity index (χ0v) is 20.7. The molecular weight excluding hydrogens is 504 g/mol. The lowest BCUT2D eigenvalue weighted by atomic mass is 9.80. The molecule has 0 spiro atoms. The van der Waals surface area contributed by atoms with E-state index in [0.29, 0.717) is 42.1 Å². The van der Waals surface area contributed by atoms with Crippen molar-refractivity contribution in [3.63, 3.8) is 0 Å². The van der Waals surface area contributed by atoms with Gasteiger partial charge in [0.05, 0.1) is 29.0 Å². The second-order valence-corrected chi connectivity index (χ2v) is 11.4. The van der Waals surface area contributed by atoms with Crippen molar-refractivity contribution in [1.29, 1.82) is 5.26 Å². The van der Waals surface area contributed by atoms with Crippen LogP contribution >= 0.6 is 11.6 Å². The molecule has 1 atom stereocenters. The average molecular weight is 527 g/mol. The first-order valence-corrected chi connectivity index (χ1v) is 13.4. The number of carbonyl (C=O) groups is 1. The van der Waals surface area contributed by atoms with Gasteiger partial charge < -0.3 is 20.8 Å².